The third-order valence-corrected chi connectivity index (χ3v) is 4.67. The first-order valence-corrected chi connectivity index (χ1v) is 7.73. The van der Waals surface area contributed by atoms with Gasteiger partial charge in [0.25, 0.3) is 0 Å². The summed E-state index contributed by atoms with van der Waals surface area (Å²) >= 11 is 0. The monoisotopic (exact) mass is 287 g/mol. The first kappa shape index (κ1) is 14.5. The van der Waals surface area contributed by atoms with Crippen LogP contribution >= 0.6 is 0 Å². The highest BCUT2D eigenvalue weighted by molar-refractivity contribution is 7.86. The van der Waals surface area contributed by atoms with Gasteiger partial charge in [-0.15, -0.1) is 0 Å². The van der Waals surface area contributed by atoms with Crippen LogP contribution < -0.4 is 5.73 Å². The van der Waals surface area contributed by atoms with Gasteiger partial charge in [-0.05, 0) is 18.1 Å². The van der Waals surface area contributed by atoms with Gasteiger partial charge in [-0.3, -0.25) is 9.00 Å². The average molecular weight is 287 g/mol. The fourth-order valence-electron chi connectivity index (χ4n) is 2.09. The molecular weight excluding hydrogens is 270 g/mol. The number of carbonyl (C=O) groups excluding carboxylic acids is 1. The summed E-state index contributed by atoms with van der Waals surface area (Å²) in [5.74, 6) is -0.677. The third-order valence-electron chi connectivity index (χ3n) is 3.03. The maximum atomic E-state index is 12.4. The molecule has 2 aromatic carbocycles. The summed E-state index contributed by atoms with van der Waals surface area (Å²) < 4.78 is 12.4. The molecular formula is C16H17NO2S. The Morgan fingerprint density at radius 1 is 1.05 bits per heavy atom. The second-order valence-corrected chi connectivity index (χ2v) is 6.21. The van der Waals surface area contributed by atoms with Crippen molar-refractivity contribution in [3.05, 3.63) is 71.3 Å². The molecule has 20 heavy (non-hydrogen) atoms. The minimum atomic E-state index is -1.37. The van der Waals surface area contributed by atoms with Crippen molar-refractivity contribution in [1.82, 2.24) is 0 Å². The Hall–Kier alpha value is -1.94. The normalized spacial score (nSPS) is 13.7. The molecule has 3 nitrogen and oxygen atoms in total. The van der Waals surface area contributed by atoms with E-state index in [1.807, 2.05) is 61.5 Å². The van der Waals surface area contributed by atoms with E-state index in [1.165, 1.54) is 0 Å². The Balaban J connectivity index is 2.41. The molecule has 0 spiro atoms. The summed E-state index contributed by atoms with van der Waals surface area (Å²) in [6.45, 7) is 2.00. The van der Waals surface area contributed by atoms with Crippen LogP contribution in [0.5, 0.6) is 0 Å². The summed E-state index contributed by atoms with van der Waals surface area (Å²) in [4.78, 5) is 11.1. The second-order valence-electron chi connectivity index (χ2n) is 4.69. The summed E-state index contributed by atoms with van der Waals surface area (Å²) in [6.07, 6.45) is 0. The Kier molecular flexibility index (Phi) is 4.69. The number of hydrogen-bond acceptors (Lipinski definition) is 2. The van der Waals surface area contributed by atoms with Gasteiger partial charge in [-0.1, -0.05) is 60.2 Å². The van der Waals surface area contributed by atoms with Gasteiger partial charge in [0.15, 0.2) is 0 Å². The highest BCUT2D eigenvalue weighted by atomic mass is 32.2. The summed E-state index contributed by atoms with van der Waals surface area (Å²) in [6, 6.07) is 17.4. The lowest BCUT2D eigenvalue weighted by molar-refractivity contribution is -0.115. The number of nitrogens with two attached hydrogens (primary N) is 1. The van der Waals surface area contributed by atoms with Crippen LogP contribution in [-0.4, -0.2) is 15.9 Å². The van der Waals surface area contributed by atoms with E-state index >= 15 is 0 Å². The van der Waals surface area contributed by atoms with Crippen molar-refractivity contribution in [3.63, 3.8) is 0 Å². The van der Waals surface area contributed by atoms with Gasteiger partial charge in [0.1, 0.15) is 5.75 Å². The van der Waals surface area contributed by atoms with Crippen LogP contribution in [-0.2, 0) is 15.6 Å². The SMILES string of the molecule is Cc1ccc(C(c2ccccc2)S(=O)CC(N)=O)cc1. The number of amides is 1. The summed E-state index contributed by atoms with van der Waals surface area (Å²) in [5.41, 5.74) is 8.18. The van der Waals surface area contributed by atoms with Gasteiger partial charge in [0.2, 0.25) is 5.91 Å². The predicted octanol–water partition coefficient (Wildman–Crippen LogP) is 2.32. The van der Waals surface area contributed by atoms with E-state index in [0.29, 0.717) is 0 Å². The van der Waals surface area contributed by atoms with Crippen molar-refractivity contribution in [1.29, 1.82) is 0 Å². The Morgan fingerprint density at radius 2 is 1.60 bits per heavy atom. The van der Waals surface area contributed by atoms with E-state index in [0.717, 1.165) is 16.7 Å². The largest absolute Gasteiger partial charge is 0.369 e. The van der Waals surface area contributed by atoms with Crippen LogP contribution in [0.3, 0.4) is 0 Å². The molecule has 4 heteroatoms. The molecule has 0 aliphatic heterocycles. The summed E-state index contributed by atoms with van der Waals surface area (Å²) in [7, 11) is -1.37. The minimum Gasteiger partial charge on any atom is -0.369 e. The lowest BCUT2D eigenvalue weighted by atomic mass is 10.0. The van der Waals surface area contributed by atoms with Crippen LogP contribution in [0.4, 0.5) is 0 Å². The molecule has 0 aliphatic rings. The molecule has 2 atom stereocenters. The van der Waals surface area contributed by atoms with E-state index < -0.39 is 16.7 Å². The molecule has 0 aromatic heterocycles. The van der Waals surface area contributed by atoms with Gasteiger partial charge < -0.3 is 5.73 Å². The number of carbonyl (C=O) groups is 1. The molecule has 1 amide bonds. The molecule has 104 valence electrons. The van der Waals surface area contributed by atoms with Gasteiger partial charge in [0.05, 0.1) is 5.25 Å². The molecule has 0 saturated heterocycles. The topological polar surface area (TPSA) is 60.2 Å². The maximum Gasteiger partial charge on any atom is 0.230 e. The van der Waals surface area contributed by atoms with Crippen molar-refractivity contribution >= 4 is 16.7 Å². The van der Waals surface area contributed by atoms with E-state index in [-0.39, 0.29) is 11.0 Å². The average Bonchev–Trinajstić information content (AvgIpc) is 2.42. The van der Waals surface area contributed by atoms with Crippen molar-refractivity contribution in [2.75, 3.05) is 5.75 Å². The number of primary amides is 1. The molecule has 2 aromatic rings. The smallest absolute Gasteiger partial charge is 0.230 e. The van der Waals surface area contributed by atoms with Gasteiger partial charge in [-0.2, -0.15) is 0 Å². The highest BCUT2D eigenvalue weighted by Gasteiger charge is 2.22. The first-order valence-electron chi connectivity index (χ1n) is 6.35. The third kappa shape index (κ3) is 3.54. The summed E-state index contributed by atoms with van der Waals surface area (Å²) in [5, 5.41) is -0.329. The van der Waals surface area contributed by atoms with E-state index in [9.17, 15) is 9.00 Å². The van der Waals surface area contributed by atoms with Crippen LogP contribution in [0.25, 0.3) is 0 Å². The van der Waals surface area contributed by atoms with Crippen LogP contribution in [0.1, 0.15) is 21.9 Å². The van der Waals surface area contributed by atoms with E-state index in [1.54, 1.807) is 0 Å². The molecule has 2 unspecified atom stereocenters. The zero-order valence-electron chi connectivity index (χ0n) is 11.3. The Morgan fingerprint density at radius 3 is 2.15 bits per heavy atom. The van der Waals surface area contributed by atoms with Crippen molar-refractivity contribution in [2.45, 2.75) is 12.2 Å². The molecule has 0 saturated carbocycles. The minimum absolute atomic E-state index is 0.132. The zero-order chi connectivity index (χ0) is 14.5. The fourth-order valence-corrected chi connectivity index (χ4v) is 3.46. The molecule has 0 bridgehead atoms. The van der Waals surface area contributed by atoms with Crippen molar-refractivity contribution in [3.8, 4) is 0 Å². The van der Waals surface area contributed by atoms with Crippen molar-refractivity contribution < 1.29 is 9.00 Å². The molecule has 0 aliphatic carbocycles. The maximum absolute atomic E-state index is 12.4. The predicted molar refractivity (Wildman–Crippen MR) is 81.7 cm³/mol. The van der Waals surface area contributed by atoms with Gasteiger partial charge >= 0.3 is 0 Å². The zero-order valence-corrected chi connectivity index (χ0v) is 12.1. The van der Waals surface area contributed by atoms with E-state index in [2.05, 4.69) is 0 Å². The molecule has 0 fully saturated rings. The lowest BCUT2D eigenvalue weighted by Gasteiger charge is -2.17. The first-order chi connectivity index (χ1) is 9.58. The quantitative estimate of drug-likeness (QED) is 0.917. The Labute approximate surface area is 121 Å². The van der Waals surface area contributed by atoms with Crippen LogP contribution in [0.15, 0.2) is 54.6 Å². The van der Waals surface area contributed by atoms with Gasteiger partial charge in [-0.25, -0.2) is 0 Å². The number of rotatable bonds is 5. The second kappa shape index (κ2) is 6.48. The molecule has 2 rings (SSSR count). The molecule has 2 N–H and O–H groups in total. The Bertz CT molecular complexity index is 608. The number of aryl methyl sites for hydroxylation is 1. The fraction of sp³-hybridized carbons (Fsp3) is 0.188. The number of benzene rings is 2. The molecule has 0 radical (unpaired) electrons. The van der Waals surface area contributed by atoms with Crippen LogP contribution in [0.2, 0.25) is 0 Å². The van der Waals surface area contributed by atoms with Gasteiger partial charge in [0, 0.05) is 10.8 Å². The van der Waals surface area contributed by atoms with Crippen molar-refractivity contribution in [2.24, 2.45) is 5.73 Å². The van der Waals surface area contributed by atoms with E-state index in [4.69, 9.17) is 5.73 Å². The lowest BCUT2D eigenvalue weighted by Crippen LogP contribution is -2.23. The number of hydrogen-bond donors (Lipinski definition) is 1. The standard InChI is InChI=1S/C16H17NO2S/c1-12-7-9-14(10-8-12)16(20(19)11-15(17)18)13-5-3-2-4-6-13/h2-10,16H,11H2,1H3,(H2,17,18). The molecule has 0 heterocycles. The van der Waals surface area contributed by atoms with Crippen LogP contribution in [0, 0.1) is 6.92 Å². The highest BCUT2D eigenvalue weighted by Crippen LogP contribution is 2.28.